The molecule has 0 saturated carbocycles. The molecule has 0 radical (unpaired) electrons. The lowest BCUT2D eigenvalue weighted by Gasteiger charge is -2.25. The minimum atomic E-state index is -0.380. The van der Waals surface area contributed by atoms with Crippen LogP contribution >= 0.6 is 11.6 Å². The van der Waals surface area contributed by atoms with Crippen molar-refractivity contribution in [3.8, 4) is 5.75 Å². The predicted molar refractivity (Wildman–Crippen MR) is 75.4 cm³/mol. The molecule has 0 aliphatic heterocycles. The monoisotopic (exact) mass is 285 g/mol. The quantitative estimate of drug-likeness (QED) is 0.570. The van der Waals surface area contributed by atoms with Gasteiger partial charge in [0, 0.05) is 5.02 Å². The van der Waals surface area contributed by atoms with Crippen molar-refractivity contribution in [1.29, 1.82) is 0 Å². The smallest absolute Gasteiger partial charge is 0.345 e. The molecule has 1 atom stereocenters. The van der Waals surface area contributed by atoms with Crippen molar-refractivity contribution in [3.05, 3.63) is 29.3 Å². The first-order valence-corrected chi connectivity index (χ1v) is 6.76. The van der Waals surface area contributed by atoms with Gasteiger partial charge in [-0.15, -0.1) is 0 Å². The number of carbonyl (C=O) groups excluding carboxylic acids is 1. The molecular weight excluding hydrogens is 266 g/mol. The van der Waals surface area contributed by atoms with Gasteiger partial charge in [-0.2, -0.15) is 0 Å². The highest BCUT2D eigenvalue weighted by Gasteiger charge is 2.15. The predicted octanol–water partition coefficient (Wildman–Crippen LogP) is 2.95. The van der Waals surface area contributed by atoms with Gasteiger partial charge < -0.3 is 9.47 Å². The third-order valence-corrected chi connectivity index (χ3v) is 3.05. The molecule has 0 spiro atoms. The third kappa shape index (κ3) is 5.49. The molecule has 4 nitrogen and oxygen atoms in total. The van der Waals surface area contributed by atoms with Crippen LogP contribution in [0.4, 0.5) is 0 Å². The van der Waals surface area contributed by atoms with Crippen molar-refractivity contribution in [3.63, 3.8) is 0 Å². The minimum Gasteiger partial charge on any atom is -0.482 e. The third-order valence-electron chi connectivity index (χ3n) is 2.80. The zero-order chi connectivity index (χ0) is 14.3. The van der Waals surface area contributed by atoms with Crippen molar-refractivity contribution < 1.29 is 14.3 Å². The van der Waals surface area contributed by atoms with Crippen LogP contribution in [0.25, 0.3) is 0 Å². The second-order valence-electron chi connectivity index (χ2n) is 4.05. The summed E-state index contributed by atoms with van der Waals surface area (Å²) in [6.07, 6.45) is -0.240. The van der Waals surface area contributed by atoms with Gasteiger partial charge in [0.1, 0.15) is 5.75 Å². The molecule has 1 unspecified atom stereocenters. The summed E-state index contributed by atoms with van der Waals surface area (Å²) in [6, 6.07) is 6.84. The van der Waals surface area contributed by atoms with E-state index in [2.05, 4.69) is 0 Å². The Bertz CT molecular complexity index is 390. The molecule has 1 aromatic rings. The number of carbonyl (C=O) groups is 1. The average Bonchev–Trinajstić information content (AvgIpc) is 2.39. The van der Waals surface area contributed by atoms with Crippen LogP contribution in [-0.4, -0.2) is 36.8 Å². The summed E-state index contributed by atoms with van der Waals surface area (Å²) < 4.78 is 10.6. The lowest BCUT2D eigenvalue weighted by molar-refractivity contribution is -0.159. The van der Waals surface area contributed by atoms with E-state index in [-0.39, 0.29) is 18.8 Å². The first-order chi connectivity index (χ1) is 9.06. The molecule has 0 aromatic heterocycles. The van der Waals surface area contributed by atoms with E-state index in [1.807, 2.05) is 25.7 Å². The summed E-state index contributed by atoms with van der Waals surface area (Å²) in [5.41, 5.74) is 0. The van der Waals surface area contributed by atoms with Crippen molar-refractivity contribution in [2.75, 3.05) is 19.7 Å². The van der Waals surface area contributed by atoms with Crippen LogP contribution in [0.5, 0.6) is 5.75 Å². The largest absolute Gasteiger partial charge is 0.482 e. The second-order valence-corrected chi connectivity index (χ2v) is 4.49. The van der Waals surface area contributed by atoms with Crippen LogP contribution in [0.15, 0.2) is 24.3 Å². The molecule has 0 N–H and O–H groups in total. The Morgan fingerprint density at radius 3 is 2.37 bits per heavy atom. The highest BCUT2D eigenvalue weighted by molar-refractivity contribution is 6.30. The summed E-state index contributed by atoms with van der Waals surface area (Å²) in [6.45, 7) is 7.47. The molecule has 106 valence electrons. The Hall–Kier alpha value is -1.26. The number of esters is 1. The molecule has 5 heteroatoms. The first kappa shape index (κ1) is 15.8. The molecular formula is C14H20ClNO3. The number of hydrogen-bond donors (Lipinski definition) is 0. The Kier molecular flexibility index (Phi) is 6.67. The van der Waals surface area contributed by atoms with Gasteiger partial charge in [-0.25, -0.2) is 4.79 Å². The molecule has 0 fully saturated rings. The van der Waals surface area contributed by atoms with E-state index >= 15 is 0 Å². The summed E-state index contributed by atoms with van der Waals surface area (Å²) in [4.78, 5) is 13.7. The molecule has 19 heavy (non-hydrogen) atoms. The van der Waals surface area contributed by atoms with Crippen molar-refractivity contribution in [2.24, 2.45) is 0 Å². The standard InChI is InChI=1S/C14H20ClNO3/c1-4-16(5-2)11(3)19-14(17)10-18-13-8-6-12(15)7-9-13/h6-9,11H,4-5,10H2,1-3H3. The number of benzene rings is 1. The molecule has 1 aromatic carbocycles. The van der Waals surface area contributed by atoms with Crippen LogP contribution < -0.4 is 4.74 Å². The van der Waals surface area contributed by atoms with Crippen LogP contribution in [0.2, 0.25) is 5.02 Å². The van der Waals surface area contributed by atoms with E-state index in [0.29, 0.717) is 10.8 Å². The number of nitrogens with zero attached hydrogens (tertiary/aromatic N) is 1. The van der Waals surface area contributed by atoms with Crippen LogP contribution in [0.1, 0.15) is 20.8 Å². The topological polar surface area (TPSA) is 38.8 Å². The molecule has 0 amide bonds. The summed E-state index contributed by atoms with van der Waals surface area (Å²) >= 11 is 5.76. The van der Waals surface area contributed by atoms with E-state index in [1.54, 1.807) is 24.3 Å². The van der Waals surface area contributed by atoms with Crippen LogP contribution in [0, 0.1) is 0 Å². The number of rotatable bonds is 7. The van der Waals surface area contributed by atoms with Crippen molar-refractivity contribution in [2.45, 2.75) is 27.0 Å². The van der Waals surface area contributed by atoms with Crippen LogP contribution in [-0.2, 0) is 9.53 Å². The van der Waals surface area contributed by atoms with Crippen molar-refractivity contribution >= 4 is 17.6 Å². The SMILES string of the molecule is CCN(CC)C(C)OC(=O)COc1ccc(Cl)cc1. The number of halogens is 1. The van der Waals surface area contributed by atoms with E-state index in [1.165, 1.54) is 0 Å². The lowest BCUT2D eigenvalue weighted by atomic mass is 10.3. The van der Waals surface area contributed by atoms with E-state index in [9.17, 15) is 4.79 Å². The normalized spacial score (nSPS) is 12.3. The molecule has 0 saturated heterocycles. The maximum Gasteiger partial charge on any atom is 0.345 e. The van der Waals surface area contributed by atoms with Gasteiger partial charge in [-0.1, -0.05) is 25.4 Å². The van der Waals surface area contributed by atoms with Gasteiger partial charge >= 0.3 is 5.97 Å². The number of ether oxygens (including phenoxy) is 2. The molecule has 0 aliphatic rings. The van der Waals surface area contributed by atoms with Crippen molar-refractivity contribution in [1.82, 2.24) is 4.90 Å². The van der Waals surface area contributed by atoms with Gasteiger partial charge in [-0.3, -0.25) is 4.90 Å². The van der Waals surface area contributed by atoms with E-state index in [4.69, 9.17) is 21.1 Å². The highest BCUT2D eigenvalue weighted by Crippen LogP contribution is 2.15. The van der Waals surface area contributed by atoms with Gasteiger partial charge in [0.05, 0.1) is 0 Å². The minimum absolute atomic E-state index is 0.104. The van der Waals surface area contributed by atoms with Gasteiger partial charge in [0.15, 0.2) is 12.8 Å². The number of hydrogen-bond acceptors (Lipinski definition) is 4. The van der Waals surface area contributed by atoms with Gasteiger partial charge in [0.25, 0.3) is 0 Å². The average molecular weight is 286 g/mol. The summed E-state index contributed by atoms with van der Waals surface area (Å²) in [5.74, 6) is 0.214. The Morgan fingerprint density at radius 2 is 1.84 bits per heavy atom. The molecule has 0 bridgehead atoms. The van der Waals surface area contributed by atoms with Crippen LogP contribution in [0.3, 0.4) is 0 Å². The molecule has 0 aliphatic carbocycles. The molecule has 0 heterocycles. The summed E-state index contributed by atoms with van der Waals surface area (Å²) in [7, 11) is 0. The lowest BCUT2D eigenvalue weighted by Crippen LogP contribution is -2.37. The maximum atomic E-state index is 11.6. The fourth-order valence-electron chi connectivity index (χ4n) is 1.71. The molecule has 1 rings (SSSR count). The first-order valence-electron chi connectivity index (χ1n) is 6.38. The van der Waals surface area contributed by atoms with Gasteiger partial charge in [-0.05, 0) is 44.3 Å². The summed E-state index contributed by atoms with van der Waals surface area (Å²) in [5, 5.41) is 0.630. The second kappa shape index (κ2) is 8.02. The van der Waals surface area contributed by atoms with E-state index in [0.717, 1.165) is 13.1 Å². The zero-order valence-corrected chi connectivity index (χ0v) is 12.3. The highest BCUT2D eigenvalue weighted by atomic mass is 35.5. The maximum absolute atomic E-state index is 11.6. The Morgan fingerprint density at radius 1 is 1.26 bits per heavy atom. The van der Waals surface area contributed by atoms with E-state index < -0.39 is 0 Å². The van der Waals surface area contributed by atoms with Gasteiger partial charge in [0.2, 0.25) is 0 Å². The fraction of sp³-hybridized carbons (Fsp3) is 0.500. The Labute approximate surface area is 119 Å². The zero-order valence-electron chi connectivity index (χ0n) is 11.6. The fourth-order valence-corrected chi connectivity index (χ4v) is 1.84. The Balaban J connectivity index is 2.37.